The first-order valence-electron chi connectivity index (χ1n) is 7.30. The average molecular weight is 345 g/mol. The Morgan fingerprint density at radius 1 is 1.08 bits per heavy atom. The summed E-state index contributed by atoms with van der Waals surface area (Å²) in [5.74, 6) is -0.871. The highest BCUT2D eigenvalue weighted by Gasteiger charge is 2.36. The lowest BCUT2D eigenvalue weighted by atomic mass is 9.79. The summed E-state index contributed by atoms with van der Waals surface area (Å²) in [6, 6.07) is 5.82. The molecular formula is C17H15NO5S. The van der Waals surface area contributed by atoms with Crippen molar-refractivity contribution < 1.29 is 22.6 Å². The molecular weight excluding hydrogens is 330 g/mol. The Morgan fingerprint density at radius 3 is 2.33 bits per heavy atom. The van der Waals surface area contributed by atoms with Crippen molar-refractivity contribution in [1.82, 2.24) is 0 Å². The summed E-state index contributed by atoms with van der Waals surface area (Å²) in [6.45, 7) is 3.19. The molecule has 0 aromatic heterocycles. The van der Waals surface area contributed by atoms with Crippen molar-refractivity contribution in [3.05, 3.63) is 57.6 Å². The van der Waals surface area contributed by atoms with E-state index >= 15 is 0 Å². The number of hydrogen-bond acceptors (Lipinski definition) is 5. The molecule has 0 heterocycles. The molecule has 0 unspecified atom stereocenters. The highest BCUT2D eigenvalue weighted by Crippen LogP contribution is 2.36. The molecule has 3 rings (SSSR count). The molecule has 0 saturated carbocycles. The number of fused-ring (bicyclic) bond motifs is 2. The number of rotatable bonds is 2. The van der Waals surface area contributed by atoms with Crippen molar-refractivity contribution in [2.45, 2.75) is 25.2 Å². The topological polar surface area (TPSA) is 115 Å². The number of benzene rings is 2. The van der Waals surface area contributed by atoms with Gasteiger partial charge in [0.25, 0.3) is 10.1 Å². The third-order valence-corrected chi connectivity index (χ3v) is 5.17. The van der Waals surface area contributed by atoms with E-state index in [-0.39, 0.29) is 44.8 Å². The van der Waals surface area contributed by atoms with Crippen molar-refractivity contribution in [2.24, 2.45) is 0 Å². The van der Waals surface area contributed by atoms with E-state index < -0.39 is 21.7 Å². The second-order valence-corrected chi connectivity index (χ2v) is 7.07. The maximum atomic E-state index is 12.9. The van der Waals surface area contributed by atoms with Crippen LogP contribution in [-0.2, 0) is 16.5 Å². The summed E-state index contributed by atoms with van der Waals surface area (Å²) < 4.78 is 32.8. The van der Waals surface area contributed by atoms with Crippen molar-refractivity contribution in [1.29, 1.82) is 0 Å². The number of carbonyl (C=O) groups excluding carboxylic acids is 2. The number of hydrogen-bond donors (Lipinski definition) is 2. The van der Waals surface area contributed by atoms with Crippen LogP contribution in [0.3, 0.4) is 0 Å². The smallest absolute Gasteiger partial charge is 0.294 e. The van der Waals surface area contributed by atoms with E-state index in [1.54, 1.807) is 13.0 Å². The summed E-state index contributed by atoms with van der Waals surface area (Å²) in [7, 11) is -4.52. The van der Waals surface area contributed by atoms with Crippen LogP contribution in [0, 0.1) is 6.92 Å². The summed E-state index contributed by atoms with van der Waals surface area (Å²) >= 11 is 0. The van der Waals surface area contributed by atoms with Gasteiger partial charge in [0.1, 0.15) is 0 Å². The number of nitrogen functional groups attached to an aromatic ring is 1. The molecule has 6 nitrogen and oxygen atoms in total. The Bertz CT molecular complexity index is 1020. The zero-order valence-electron chi connectivity index (χ0n) is 13.1. The summed E-state index contributed by atoms with van der Waals surface area (Å²) in [5, 5.41) is 0. The molecule has 0 aliphatic heterocycles. The van der Waals surface area contributed by atoms with E-state index in [0.29, 0.717) is 5.56 Å². The van der Waals surface area contributed by atoms with Crippen LogP contribution < -0.4 is 5.73 Å². The lowest BCUT2D eigenvalue weighted by molar-refractivity contribution is 0.0978. The van der Waals surface area contributed by atoms with Crippen LogP contribution in [0.15, 0.2) is 29.2 Å². The lowest BCUT2D eigenvalue weighted by Gasteiger charge is -2.24. The summed E-state index contributed by atoms with van der Waals surface area (Å²) in [4.78, 5) is 25.5. The fourth-order valence-corrected chi connectivity index (χ4v) is 4.11. The Labute approximate surface area is 139 Å². The van der Waals surface area contributed by atoms with E-state index in [1.807, 2.05) is 0 Å². The van der Waals surface area contributed by atoms with Gasteiger partial charge < -0.3 is 5.73 Å². The second-order valence-electron chi connectivity index (χ2n) is 5.68. The van der Waals surface area contributed by atoms with Crippen LogP contribution in [0.1, 0.15) is 49.9 Å². The van der Waals surface area contributed by atoms with Crippen molar-refractivity contribution in [2.75, 3.05) is 5.73 Å². The molecule has 124 valence electrons. The molecule has 2 aromatic rings. The first kappa shape index (κ1) is 16.4. The standard InChI is InChI=1S/C17H15NO5S/c1-3-9-12(24(21,22)23)7-8(2)13-15(9)16(19)10-5-4-6-11(18)14(10)17(13)20/h4-7H,3,18H2,1-2H3,(H,21,22,23). The molecule has 0 bridgehead atoms. The molecule has 1 aliphatic carbocycles. The molecule has 0 spiro atoms. The Kier molecular flexibility index (Phi) is 3.58. The Hall–Kier alpha value is -2.51. The molecule has 0 saturated heterocycles. The fraction of sp³-hybridized carbons (Fsp3) is 0.176. The zero-order valence-corrected chi connectivity index (χ0v) is 13.9. The van der Waals surface area contributed by atoms with Crippen LogP contribution in [0.2, 0.25) is 0 Å². The number of anilines is 1. The fourth-order valence-electron chi connectivity index (χ4n) is 3.22. The minimum atomic E-state index is -4.52. The average Bonchev–Trinajstić information content (AvgIpc) is 2.50. The molecule has 1 aliphatic rings. The van der Waals surface area contributed by atoms with Gasteiger partial charge in [-0.3, -0.25) is 14.1 Å². The third-order valence-electron chi connectivity index (χ3n) is 4.25. The van der Waals surface area contributed by atoms with Gasteiger partial charge in [-0.25, -0.2) is 0 Å². The lowest BCUT2D eigenvalue weighted by Crippen LogP contribution is -2.26. The van der Waals surface area contributed by atoms with Gasteiger partial charge in [0, 0.05) is 22.4 Å². The predicted octanol–water partition coefficient (Wildman–Crippen LogP) is 2.16. The number of nitrogens with two attached hydrogens (primary N) is 1. The van der Waals surface area contributed by atoms with Gasteiger partial charge in [0.2, 0.25) is 0 Å². The van der Waals surface area contributed by atoms with Gasteiger partial charge in [-0.2, -0.15) is 8.42 Å². The maximum Gasteiger partial charge on any atom is 0.294 e. The largest absolute Gasteiger partial charge is 0.398 e. The maximum absolute atomic E-state index is 12.9. The van der Waals surface area contributed by atoms with Gasteiger partial charge in [0.05, 0.1) is 10.5 Å². The van der Waals surface area contributed by atoms with Crippen LogP contribution >= 0.6 is 0 Å². The van der Waals surface area contributed by atoms with Crippen LogP contribution in [0.4, 0.5) is 5.69 Å². The first-order chi connectivity index (χ1) is 11.2. The number of aryl methyl sites for hydroxylation is 1. The minimum absolute atomic E-state index is 0.0354. The quantitative estimate of drug-likeness (QED) is 0.543. The van der Waals surface area contributed by atoms with E-state index in [9.17, 15) is 22.6 Å². The van der Waals surface area contributed by atoms with E-state index in [2.05, 4.69) is 0 Å². The summed E-state index contributed by atoms with van der Waals surface area (Å²) in [6.07, 6.45) is 0.175. The predicted molar refractivity (Wildman–Crippen MR) is 88.1 cm³/mol. The second kappa shape index (κ2) is 5.25. The molecule has 7 heteroatoms. The van der Waals surface area contributed by atoms with Crippen LogP contribution in [0.25, 0.3) is 0 Å². The summed E-state index contributed by atoms with van der Waals surface area (Å²) in [5.41, 5.74) is 6.98. The van der Waals surface area contributed by atoms with Gasteiger partial charge in [0.15, 0.2) is 11.6 Å². The molecule has 2 aromatic carbocycles. The van der Waals surface area contributed by atoms with Crippen molar-refractivity contribution >= 4 is 27.4 Å². The van der Waals surface area contributed by atoms with Crippen LogP contribution in [0.5, 0.6) is 0 Å². The Morgan fingerprint density at radius 2 is 1.75 bits per heavy atom. The van der Waals surface area contributed by atoms with Gasteiger partial charge in [-0.05, 0) is 36.6 Å². The zero-order chi connectivity index (χ0) is 17.8. The third kappa shape index (κ3) is 2.16. The van der Waals surface area contributed by atoms with E-state index in [1.165, 1.54) is 25.1 Å². The van der Waals surface area contributed by atoms with Crippen molar-refractivity contribution in [3.8, 4) is 0 Å². The highest BCUT2D eigenvalue weighted by molar-refractivity contribution is 7.85. The molecule has 0 amide bonds. The van der Waals surface area contributed by atoms with Crippen LogP contribution in [-0.4, -0.2) is 24.5 Å². The monoisotopic (exact) mass is 345 g/mol. The highest BCUT2D eigenvalue weighted by atomic mass is 32.2. The SMILES string of the molecule is CCc1c(S(=O)(=O)O)cc(C)c2c1C(=O)c1cccc(N)c1C2=O. The minimum Gasteiger partial charge on any atom is -0.398 e. The molecule has 0 fully saturated rings. The molecule has 24 heavy (non-hydrogen) atoms. The molecule has 0 radical (unpaired) electrons. The number of carbonyl (C=O) groups is 2. The van der Waals surface area contributed by atoms with E-state index in [4.69, 9.17) is 5.73 Å². The Balaban J connectivity index is 2.47. The van der Waals surface area contributed by atoms with Gasteiger partial charge in [-0.15, -0.1) is 0 Å². The molecule has 3 N–H and O–H groups in total. The number of ketones is 2. The van der Waals surface area contributed by atoms with Gasteiger partial charge >= 0.3 is 0 Å². The normalized spacial score (nSPS) is 13.6. The molecule has 0 atom stereocenters. The first-order valence-corrected chi connectivity index (χ1v) is 8.74. The van der Waals surface area contributed by atoms with E-state index in [0.717, 1.165) is 0 Å². The van der Waals surface area contributed by atoms with Crippen molar-refractivity contribution in [3.63, 3.8) is 0 Å². The van der Waals surface area contributed by atoms with Gasteiger partial charge in [-0.1, -0.05) is 19.1 Å².